The first-order chi connectivity index (χ1) is 14.0. The molecule has 0 radical (unpaired) electrons. The lowest BCUT2D eigenvalue weighted by atomic mass is 10.1. The van der Waals surface area contributed by atoms with Gasteiger partial charge in [0.15, 0.2) is 4.96 Å². The topological polar surface area (TPSA) is 83.8 Å². The van der Waals surface area contributed by atoms with Crippen molar-refractivity contribution >= 4 is 37.9 Å². The van der Waals surface area contributed by atoms with Gasteiger partial charge in [-0.15, -0.1) is 11.3 Å². The maximum absolute atomic E-state index is 12.8. The molecule has 2 aromatic heterocycles. The smallest absolute Gasteiger partial charge is 0.242 e. The number of thiazole rings is 1. The third kappa shape index (κ3) is 4.22. The molecule has 4 rings (SSSR count). The molecule has 0 spiro atoms. The molecule has 1 aliphatic heterocycles. The van der Waals surface area contributed by atoms with Gasteiger partial charge in [-0.2, -0.15) is 4.31 Å². The van der Waals surface area contributed by atoms with Gasteiger partial charge < -0.3 is 5.32 Å². The number of anilines is 1. The third-order valence-corrected chi connectivity index (χ3v) is 7.89. The number of fused-ring (bicyclic) bond motifs is 1. The van der Waals surface area contributed by atoms with Gasteiger partial charge in [-0.25, -0.2) is 13.4 Å². The highest BCUT2D eigenvalue weighted by Crippen LogP contribution is 2.25. The van der Waals surface area contributed by atoms with E-state index < -0.39 is 16.1 Å². The van der Waals surface area contributed by atoms with Crippen LogP contribution in [0.15, 0.2) is 42.0 Å². The fourth-order valence-corrected chi connectivity index (χ4v) is 6.18. The van der Waals surface area contributed by atoms with Crippen LogP contribution >= 0.6 is 11.3 Å². The molecule has 7 nitrogen and oxygen atoms in total. The van der Waals surface area contributed by atoms with Crippen molar-refractivity contribution in [3.8, 4) is 11.3 Å². The van der Waals surface area contributed by atoms with Gasteiger partial charge in [-0.1, -0.05) is 25.5 Å². The molecular formula is C20H24N4O3S2. The van der Waals surface area contributed by atoms with Crippen molar-refractivity contribution in [1.82, 2.24) is 13.7 Å². The van der Waals surface area contributed by atoms with E-state index in [1.807, 2.05) is 53.4 Å². The highest BCUT2D eigenvalue weighted by atomic mass is 32.2. The van der Waals surface area contributed by atoms with Crippen LogP contribution in [0.2, 0.25) is 0 Å². The lowest BCUT2D eigenvalue weighted by Gasteiger charge is -2.23. The summed E-state index contributed by atoms with van der Waals surface area (Å²) in [6.45, 7) is 2.38. The summed E-state index contributed by atoms with van der Waals surface area (Å²) in [6, 6.07) is 6.84. The largest absolute Gasteiger partial charge is 0.325 e. The Labute approximate surface area is 174 Å². The molecule has 1 atom stereocenters. The van der Waals surface area contributed by atoms with Gasteiger partial charge in [0.2, 0.25) is 15.9 Å². The molecular weight excluding hydrogens is 408 g/mol. The summed E-state index contributed by atoms with van der Waals surface area (Å²) in [7, 11) is -3.40. The Morgan fingerprint density at radius 3 is 2.83 bits per heavy atom. The van der Waals surface area contributed by atoms with E-state index in [-0.39, 0.29) is 11.7 Å². The zero-order chi connectivity index (χ0) is 20.4. The lowest BCUT2D eigenvalue weighted by Crippen LogP contribution is -2.44. The molecule has 1 aliphatic rings. The number of sulfonamides is 1. The Hall–Kier alpha value is -2.23. The standard InChI is InChI=1S/C20H24N4O3S2/c1-2-3-13-29(26,27)24-10-4-5-18(24)19(25)21-16-8-6-15(7-9-16)17-14-23-11-12-28-20(23)22-17/h6-9,11-12,14,18H,2-5,10,13H2,1H3,(H,21,25). The minimum absolute atomic E-state index is 0.101. The molecule has 0 bridgehead atoms. The van der Waals surface area contributed by atoms with Gasteiger partial charge in [0.05, 0.1) is 11.4 Å². The zero-order valence-electron chi connectivity index (χ0n) is 16.2. The molecule has 9 heteroatoms. The van der Waals surface area contributed by atoms with Crippen molar-refractivity contribution in [2.75, 3.05) is 17.6 Å². The van der Waals surface area contributed by atoms with E-state index in [1.165, 1.54) is 4.31 Å². The fraction of sp³-hybridized carbons (Fsp3) is 0.400. The number of carbonyl (C=O) groups excluding carboxylic acids is 1. The second kappa shape index (κ2) is 8.25. The highest BCUT2D eigenvalue weighted by Gasteiger charge is 2.38. The molecule has 29 heavy (non-hydrogen) atoms. The predicted molar refractivity (Wildman–Crippen MR) is 116 cm³/mol. The molecule has 154 valence electrons. The number of nitrogens with zero attached hydrogens (tertiary/aromatic N) is 3. The molecule has 1 unspecified atom stereocenters. The summed E-state index contributed by atoms with van der Waals surface area (Å²) in [5, 5.41) is 4.86. The Bertz CT molecular complexity index is 1070. The molecule has 0 saturated carbocycles. The van der Waals surface area contributed by atoms with E-state index in [4.69, 9.17) is 0 Å². The van der Waals surface area contributed by atoms with Gasteiger partial charge in [-0.3, -0.25) is 9.20 Å². The second-order valence-corrected chi connectivity index (χ2v) is 10.1. The summed E-state index contributed by atoms with van der Waals surface area (Å²) in [6.07, 6.45) is 6.62. The normalized spacial score (nSPS) is 17.8. The maximum atomic E-state index is 12.8. The average Bonchev–Trinajstić information content (AvgIpc) is 3.42. The molecule has 1 N–H and O–H groups in total. The van der Waals surface area contributed by atoms with E-state index >= 15 is 0 Å². The van der Waals surface area contributed by atoms with Crippen LogP contribution in [0.1, 0.15) is 32.6 Å². The molecule has 1 saturated heterocycles. The molecule has 3 aromatic rings. The van der Waals surface area contributed by atoms with Crippen LogP contribution in [0, 0.1) is 0 Å². The Kier molecular flexibility index (Phi) is 5.71. The van der Waals surface area contributed by atoms with Crippen molar-refractivity contribution < 1.29 is 13.2 Å². The minimum atomic E-state index is -3.40. The number of imidazole rings is 1. The van der Waals surface area contributed by atoms with E-state index in [0.29, 0.717) is 31.5 Å². The fourth-order valence-electron chi connectivity index (χ4n) is 3.60. The lowest BCUT2D eigenvalue weighted by molar-refractivity contribution is -0.119. The summed E-state index contributed by atoms with van der Waals surface area (Å²) >= 11 is 1.58. The van der Waals surface area contributed by atoms with Crippen LogP contribution in [-0.2, 0) is 14.8 Å². The SMILES string of the molecule is CCCCS(=O)(=O)N1CCCC1C(=O)Nc1ccc(-c2cn3ccsc3n2)cc1. The zero-order valence-corrected chi connectivity index (χ0v) is 17.9. The van der Waals surface area contributed by atoms with Gasteiger partial charge in [-0.05, 0) is 31.4 Å². The Balaban J connectivity index is 1.44. The first kappa shape index (κ1) is 20.1. The highest BCUT2D eigenvalue weighted by molar-refractivity contribution is 7.89. The monoisotopic (exact) mass is 432 g/mol. The van der Waals surface area contributed by atoms with Crippen molar-refractivity contribution in [3.05, 3.63) is 42.0 Å². The maximum Gasteiger partial charge on any atom is 0.242 e. The minimum Gasteiger partial charge on any atom is -0.325 e. The van der Waals surface area contributed by atoms with E-state index in [1.54, 1.807) is 11.3 Å². The molecule has 3 heterocycles. The number of benzene rings is 1. The Morgan fingerprint density at radius 1 is 1.31 bits per heavy atom. The number of amides is 1. The first-order valence-electron chi connectivity index (χ1n) is 9.81. The summed E-state index contributed by atoms with van der Waals surface area (Å²) in [4.78, 5) is 18.3. The van der Waals surface area contributed by atoms with E-state index in [2.05, 4.69) is 10.3 Å². The van der Waals surface area contributed by atoms with Crippen LogP contribution in [0.5, 0.6) is 0 Å². The second-order valence-electron chi connectivity index (χ2n) is 7.22. The van der Waals surface area contributed by atoms with Gasteiger partial charge in [0.25, 0.3) is 0 Å². The number of hydrogen-bond donors (Lipinski definition) is 1. The number of unbranched alkanes of at least 4 members (excludes halogenated alkanes) is 1. The third-order valence-electron chi connectivity index (χ3n) is 5.16. The summed E-state index contributed by atoms with van der Waals surface area (Å²) < 4.78 is 28.5. The average molecular weight is 433 g/mol. The van der Waals surface area contributed by atoms with Crippen LogP contribution in [0.25, 0.3) is 16.2 Å². The van der Waals surface area contributed by atoms with Gasteiger partial charge >= 0.3 is 0 Å². The number of rotatable bonds is 7. The van der Waals surface area contributed by atoms with Crippen LogP contribution in [-0.4, -0.2) is 46.4 Å². The summed E-state index contributed by atoms with van der Waals surface area (Å²) in [5.74, 6) is -0.165. The van der Waals surface area contributed by atoms with Crippen molar-refractivity contribution in [1.29, 1.82) is 0 Å². The van der Waals surface area contributed by atoms with Crippen LogP contribution < -0.4 is 5.32 Å². The first-order valence-corrected chi connectivity index (χ1v) is 12.3. The van der Waals surface area contributed by atoms with Crippen LogP contribution in [0.3, 0.4) is 0 Å². The van der Waals surface area contributed by atoms with Crippen molar-refractivity contribution in [3.63, 3.8) is 0 Å². The summed E-state index contributed by atoms with van der Waals surface area (Å²) in [5.41, 5.74) is 2.49. The number of carbonyl (C=O) groups is 1. The van der Waals surface area contributed by atoms with E-state index in [0.717, 1.165) is 22.6 Å². The Morgan fingerprint density at radius 2 is 2.10 bits per heavy atom. The number of nitrogens with one attached hydrogen (secondary N) is 1. The van der Waals surface area contributed by atoms with E-state index in [9.17, 15) is 13.2 Å². The number of hydrogen-bond acceptors (Lipinski definition) is 5. The van der Waals surface area contributed by atoms with Crippen LogP contribution in [0.4, 0.5) is 5.69 Å². The quantitative estimate of drug-likeness (QED) is 0.618. The number of aromatic nitrogens is 2. The van der Waals surface area contributed by atoms with Crippen molar-refractivity contribution in [2.24, 2.45) is 0 Å². The predicted octanol–water partition coefficient (Wildman–Crippen LogP) is 3.60. The van der Waals surface area contributed by atoms with Gasteiger partial charge in [0, 0.05) is 35.6 Å². The van der Waals surface area contributed by atoms with Gasteiger partial charge in [0.1, 0.15) is 6.04 Å². The molecule has 1 fully saturated rings. The molecule has 1 aromatic carbocycles. The molecule has 1 amide bonds. The van der Waals surface area contributed by atoms with Crippen molar-refractivity contribution in [2.45, 2.75) is 38.6 Å². The molecule has 0 aliphatic carbocycles.